The third-order valence-electron chi connectivity index (χ3n) is 2.50. The van der Waals surface area contributed by atoms with Gasteiger partial charge in [-0.2, -0.15) is 0 Å². The van der Waals surface area contributed by atoms with Gasteiger partial charge in [-0.15, -0.1) is 23.2 Å². The van der Waals surface area contributed by atoms with Crippen LogP contribution in [0.25, 0.3) is 0 Å². The first-order chi connectivity index (χ1) is 8.71. The molecule has 0 unspecified atom stereocenters. The molecule has 1 aromatic carbocycles. The molecule has 0 atom stereocenters. The molecule has 0 heterocycles. The summed E-state index contributed by atoms with van der Waals surface area (Å²) in [5.41, 5.74) is 3.46. The molecule has 0 saturated heterocycles. The van der Waals surface area contributed by atoms with Gasteiger partial charge in [0.1, 0.15) is 0 Å². The first kappa shape index (κ1) is 15.1. The van der Waals surface area contributed by atoms with E-state index in [9.17, 15) is 4.79 Å². The standard InChI is InChI=1S/C12H16Cl2N2O2/c13-5-7-16(8-6-14)11-3-1-10(2-4-11)9-12(17)15-18/h1-4,18H,5-9H2,(H,15,17). The fourth-order valence-corrected chi connectivity index (χ4v) is 2.03. The zero-order valence-corrected chi connectivity index (χ0v) is 11.4. The largest absolute Gasteiger partial charge is 0.369 e. The number of benzene rings is 1. The number of nitrogens with zero attached hydrogens (tertiary/aromatic N) is 1. The third-order valence-corrected chi connectivity index (χ3v) is 2.84. The predicted octanol–water partition coefficient (Wildman–Crippen LogP) is 2.02. The van der Waals surface area contributed by atoms with Gasteiger partial charge in [0.05, 0.1) is 6.42 Å². The van der Waals surface area contributed by atoms with E-state index in [0.29, 0.717) is 11.8 Å². The highest BCUT2D eigenvalue weighted by Gasteiger charge is 2.06. The summed E-state index contributed by atoms with van der Waals surface area (Å²) in [7, 11) is 0. The number of nitrogens with one attached hydrogen (secondary N) is 1. The number of rotatable bonds is 7. The summed E-state index contributed by atoms with van der Waals surface area (Å²) >= 11 is 11.5. The molecule has 0 bridgehead atoms. The number of halogens is 2. The Hall–Kier alpha value is -0.970. The van der Waals surface area contributed by atoms with E-state index in [1.165, 1.54) is 0 Å². The van der Waals surface area contributed by atoms with E-state index in [-0.39, 0.29) is 6.42 Å². The summed E-state index contributed by atoms with van der Waals surface area (Å²) in [5, 5.41) is 8.44. The zero-order chi connectivity index (χ0) is 13.4. The fraction of sp³-hybridized carbons (Fsp3) is 0.417. The van der Waals surface area contributed by atoms with Crippen molar-refractivity contribution in [3.8, 4) is 0 Å². The van der Waals surface area contributed by atoms with E-state index in [0.717, 1.165) is 24.3 Å². The monoisotopic (exact) mass is 290 g/mol. The number of hydroxylamine groups is 1. The number of carbonyl (C=O) groups is 1. The van der Waals surface area contributed by atoms with Crippen molar-refractivity contribution in [2.24, 2.45) is 0 Å². The van der Waals surface area contributed by atoms with Gasteiger partial charge in [-0.25, -0.2) is 5.48 Å². The smallest absolute Gasteiger partial charge is 0.247 e. The van der Waals surface area contributed by atoms with Gasteiger partial charge in [0.15, 0.2) is 0 Å². The fourth-order valence-electron chi connectivity index (χ4n) is 1.62. The maximum atomic E-state index is 11.0. The molecule has 0 radical (unpaired) electrons. The molecule has 0 spiro atoms. The average molecular weight is 291 g/mol. The molecular weight excluding hydrogens is 275 g/mol. The van der Waals surface area contributed by atoms with Crippen LogP contribution in [0, 0.1) is 0 Å². The van der Waals surface area contributed by atoms with Gasteiger partial charge in [-0.3, -0.25) is 10.0 Å². The van der Waals surface area contributed by atoms with E-state index in [1.807, 2.05) is 24.3 Å². The van der Waals surface area contributed by atoms with Gasteiger partial charge in [-0.1, -0.05) is 12.1 Å². The van der Waals surface area contributed by atoms with Crippen LogP contribution in [-0.4, -0.2) is 36.0 Å². The number of hydrogen-bond acceptors (Lipinski definition) is 3. The minimum Gasteiger partial charge on any atom is -0.369 e. The lowest BCUT2D eigenvalue weighted by atomic mass is 10.1. The highest BCUT2D eigenvalue weighted by Crippen LogP contribution is 2.15. The Morgan fingerprint density at radius 1 is 1.17 bits per heavy atom. The van der Waals surface area contributed by atoms with Gasteiger partial charge in [0.25, 0.3) is 0 Å². The minimum absolute atomic E-state index is 0.155. The quantitative estimate of drug-likeness (QED) is 0.459. The third kappa shape index (κ3) is 4.72. The topological polar surface area (TPSA) is 52.6 Å². The number of alkyl halides is 2. The number of hydrogen-bond donors (Lipinski definition) is 2. The van der Waals surface area contributed by atoms with Crippen LogP contribution in [0.3, 0.4) is 0 Å². The SMILES string of the molecule is O=C(Cc1ccc(N(CCCl)CCCl)cc1)NO. The number of amides is 1. The minimum atomic E-state index is -0.430. The molecule has 4 nitrogen and oxygen atoms in total. The van der Waals surface area contributed by atoms with Crippen molar-refractivity contribution in [3.05, 3.63) is 29.8 Å². The second-order valence-corrected chi connectivity index (χ2v) is 4.50. The molecule has 6 heteroatoms. The molecule has 0 aliphatic heterocycles. The Morgan fingerprint density at radius 2 is 1.72 bits per heavy atom. The van der Waals surface area contributed by atoms with Crippen LogP contribution in [0.1, 0.15) is 5.56 Å². The van der Waals surface area contributed by atoms with Crippen LogP contribution in [0.4, 0.5) is 5.69 Å². The first-order valence-corrected chi connectivity index (χ1v) is 6.67. The summed E-state index contributed by atoms with van der Waals surface area (Å²) < 4.78 is 0. The molecule has 0 aliphatic carbocycles. The number of anilines is 1. The van der Waals surface area contributed by atoms with E-state index >= 15 is 0 Å². The highest BCUT2D eigenvalue weighted by molar-refractivity contribution is 6.18. The van der Waals surface area contributed by atoms with Gasteiger partial charge in [0, 0.05) is 30.5 Å². The second kappa shape index (κ2) is 8.19. The van der Waals surface area contributed by atoms with Crippen LogP contribution in [0.2, 0.25) is 0 Å². The molecule has 0 saturated carbocycles. The molecule has 1 amide bonds. The van der Waals surface area contributed by atoms with Crippen LogP contribution in [0.5, 0.6) is 0 Å². The van der Waals surface area contributed by atoms with Crippen molar-refractivity contribution >= 4 is 34.8 Å². The Balaban J connectivity index is 2.70. The van der Waals surface area contributed by atoms with Crippen molar-refractivity contribution < 1.29 is 10.0 Å². The Kier molecular flexibility index (Phi) is 6.86. The Morgan fingerprint density at radius 3 is 2.17 bits per heavy atom. The lowest BCUT2D eigenvalue weighted by Crippen LogP contribution is -2.27. The molecule has 1 rings (SSSR count). The summed E-state index contributed by atoms with van der Waals surface area (Å²) in [6.07, 6.45) is 0.155. The van der Waals surface area contributed by atoms with Crippen LogP contribution in [-0.2, 0) is 11.2 Å². The molecular formula is C12H16Cl2N2O2. The molecule has 0 aliphatic rings. The maximum absolute atomic E-state index is 11.0. The molecule has 18 heavy (non-hydrogen) atoms. The average Bonchev–Trinajstić information content (AvgIpc) is 2.39. The molecule has 2 N–H and O–H groups in total. The predicted molar refractivity (Wildman–Crippen MR) is 73.7 cm³/mol. The van der Waals surface area contributed by atoms with E-state index < -0.39 is 5.91 Å². The van der Waals surface area contributed by atoms with Crippen LogP contribution >= 0.6 is 23.2 Å². The molecule has 100 valence electrons. The normalized spacial score (nSPS) is 10.2. The lowest BCUT2D eigenvalue weighted by Gasteiger charge is -2.22. The maximum Gasteiger partial charge on any atom is 0.247 e. The second-order valence-electron chi connectivity index (χ2n) is 3.74. The number of carbonyl (C=O) groups excluding carboxylic acids is 1. The van der Waals surface area contributed by atoms with Crippen molar-refractivity contribution in [2.45, 2.75) is 6.42 Å². The van der Waals surface area contributed by atoms with E-state index in [2.05, 4.69) is 4.90 Å². The van der Waals surface area contributed by atoms with Crippen molar-refractivity contribution in [1.82, 2.24) is 5.48 Å². The van der Waals surface area contributed by atoms with Gasteiger partial charge >= 0.3 is 0 Å². The summed E-state index contributed by atoms with van der Waals surface area (Å²) in [6, 6.07) is 7.53. The zero-order valence-electron chi connectivity index (χ0n) is 9.90. The van der Waals surface area contributed by atoms with Gasteiger partial charge in [0.2, 0.25) is 5.91 Å². The lowest BCUT2D eigenvalue weighted by molar-refractivity contribution is -0.128. The van der Waals surface area contributed by atoms with Crippen LogP contribution in [0.15, 0.2) is 24.3 Å². The van der Waals surface area contributed by atoms with Crippen LogP contribution < -0.4 is 10.4 Å². The van der Waals surface area contributed by atoms with E-state index in [4.69, 9.17) is 28.4 Å². The Labute approximate surface area is 116 Å². The van der Waals surface area contributed by atoms with Gasteiger partial charge < -0.3 is 4.90 Å². The first-order valence-electron chi connectivity index (χ1n) is 5.60. The van der Waals surface area contributed by atoms with E-state index in [1.54, 1.807) is 5.48 Å². The summed E-state index contributed by atoms with van der Waals surface area (Å²) in [6.45, 7) is 1.45. The summed E-state index contributed by atoms with van der Waals surface area (Å²) in [4.78, 5) is 13.1. The van der Waals surface area contributed by atoms with Crippen molar-refractivity contribution in [2.75, 3.05) is 29.7 Å². The van der Waals surface area contributed by atoms with Crippen molar-refractivity contribution in [3.63, 3.8) is 0 Å². The Bertz CT molecular complexity index is 365. The highest BCUT2D eigenvalue weighted by atomic mass is 35.5. The molecule has 0 fully saturated rings. The van der Waals surface area contributed by atoms with Gasteiger partial charge in [-0.05, 0) is 17.7 Å². The molecule has 1 aromatic rings. The molecule has 0 aromatic heterocycles. The summed E-state index contributed by atoms with van der Waals surface area (Å²) in [5.74, 6) is 0.637. The van der Waals surface area contributed by atoms with Crippen molar-refractivity contribution in [1.29, 1.82) is 0 Å².